The summed E-state index contributed by atoms with van der Waals surface area (Å²) < 4.78 is 44.7. The fraction of sp³-hybridized carbons (Fsp3) is 0.333. The van der Waals surface area contributed by atoms with Crippen LogP contribution >= 0.6 is 0 Å². The maximum absolute atomic E-state index is 12.0. The fourth-order valence-electron chi connectivity index (χ4n) is 1.54. The molecule has 4 nitrogen and oxygen atoms in total. The lowest BCUT2D eigenvalue weighted by molar-refractivity contribution is -0.274. The highest BCUT2D eigenvalue weighted by Crippen LogP contribution is 2.23. The van der Waals surface area contributed by atoms with E-state index in [-0.39, 0.29) is 24.6 Å². The van der Waals surface area contributed by atoms with Crippen molar-refractivity contribution in [3.63, 3.8) is 0 Å². The molecule has 0 saturated carbocycles. The third kappa shape index (κ3) is 7.47. The van der Waals surface area contributed by atoms with Crippen LogP contribution in [0.1, 0.15) is 25.8 Å². The Hall–Kier alpha value is -2.31. The molecule has 0 aromatic heterocycles. The Kier molecular flexibility index (Phi) is 6.15. The van der Waals surface area contributed by atoms with Crippen LogP contribution in [0, 0.1) is 0 Å². The Morgan fingerprint density at radius 3 is 2.23 bits per heavy atom. The molecule has 1 aromatic carbocycles. The van der Waals surface area contributed by atoms with Crippen molar-refractivity contribution in [2.75, 3.05) is 6.61 Å². The fourth-order valence-corrected chi connectivity index (χ4v) is 1.54. The van der Waals surface area contributed by atoms with Crippen LogP contribution in [-0.2, 0) is 14.3 Å². The Morgan fingerprint density at radius 2 is 1.73 bits per heavy atom. The zero-order chi connectivity index (χ0) is 16.8. The minimum Gasteiger partial charge on any atom is -0.461 e. The molecule has 0 aliphatic heterocycles. The number of hydrogen-bond acceptors (Lipinski definition) is 4. The first-order valence-electron chi connectivity index (χ1n) is 6.34. The number of carbonyl (C=O) groups excluding carboxylic acids is 2. The average Bonchev–Trinajstić information content (AvgIpc) is 2.36. The minimum atomic E-state index is -4.72. The van der Waals surface area contributed by atoms with E-state index in [9.17, 15) is 22.8 Å². The van der Waals surface area contributed by atoms with Gasteiger partial charge in [0.25, 0.3) is 0 Å². The van der Waals surface area contributed by atoms with Crippen LogP contribution in [0.25, 0.3) is 6.08 Å². The summed E-state index contributed by atoms with van der Waals surface area (Å²) in [5.74, 6) is -1.21. The molecule has 0 heterocycles. The van der Waals surface area contributed by atoms with Gasteiger partial charge in [0.1, 0.15) is 24.6 Å². The topological polar surface area (TPSA) is 52.6 Å². The molecule has 0 N–H and O–H groups in total. The molecule has 0 amide bonds. The van der Waals surface area contributed by atoms with Crippen LogP contribution < -0.4 is 4.74 Å². The lowest BCUT2D eigenvalue weighted by Gasteiger charge is -2.08. The number of benzene rings is 1. The number of hydrogen-bond donors (Lipinski definition) is 0. The van der Waals surface area contributed by atoms with Crippen molar-refractivity contribution < 1.29 is 32.2 Å². The van der Waals surface area contributed by atoms with Crippen molar-refractivity contribution in [1.82, 2.24) is 0 Å². The number of halogens is 3. The van der Waals surface area contributed by atoms with Crippen molar-refractivity contribution in [2.45, 2.75) is 26.6 Å². The monoisotopic (exact) mass is 316 g/mol. The molecule has 1 aromatic rings. The van der Waals surface area contributed by atoms with Crippen molar-refractivity contribution in [2.24, 2.45) is 0 Å². The molecule has 0 radical (unpaired) electrons. The standard InChI is InChI=1S/C15H15F3O4/c1-10(9-21-14(20)8-11(2)19)7-12-3-5-13(6-4-12)22-15(16,17)18/h3-7H,8-9H2,1-2H3/b10-7+. The summed E-state index contributed by atoms with van der Waals surface area (Å²) in [5.41, 5.74) is 1.32. The van der Waals surface area contributed by atoms with Gasteiger partial charge in [-0.1, -0.05) is 18.2 Å². The molecule has 22 heavy (non-hydrogen) atoms. The van der Waals surface area contributed by atoms with Gasteiger partial charge in [0.2, 0.25) is 0 Å². The van der Waals surface area contributed by atoms with Gasteiger partial charge in [-0.3, -0.25) is 9.59 Å². The summed E-state index contributed by atoms with van der Waals surface area (Å²) in [6, 6.07) is 5.27. The molecule has 0 fully saturated rings. The smallest absolute Gasteiger partial charge is 0.461 e. The van der Waals surface area contributed by atoms with Gasteiger partial charge in [0, 0.05) is 0 Å². The summed E-state index contributed by atoms with van der Waals surface area (Å²) in [4.78, 5) is 21.9. The number of Topliss-reactive ketones (excluding diaryl/α,β-unsaturated/α-hetero) is 1. The van der Waals surface area contributed by atoms with E-state index in [2.05, 4.69) is 4.74 Å². The van der Waals surface area contributed by atoms with Crippen LogP contribution in [0.4, 0.5) is 13.2 Å². The largest absolute Gasteiger partial charge is 0.573 e. The first-order chi connectivity index (χ1) is 10.2. The Bertz CT molecular complexity index is 559. The second-order valence-corrected chi connectivity index (χ2v) is 4.65. The third-order valence-electron chi connectivity index (χ3n) is 2.38. The van der Waals surface area contributed by atoms with E-state index >= 15 is 0 Å². The van der Waals surface area contributed by atoms with Crippen molar-refractivity contribution >= 4 is 17.8 Å². The molecule has 0 bridgehead atoms. The zero-order valence-electron chi connectivity index (χ0n) is 12.1. The van der Waals surface area contributed by atoms with Crippen LogP contribution in [0.3, 0.4) is 0 Å². The van der Waals surface area contributed by atoms with Crippen molar-refractivity contribution in [3.05, 3.63) is 35.4 Å². The molecule has 0 spiro atoms. The van der Waals surface area contributed by atoms with E-state index in [4.69, 9.17) is 4.74 Å². The molecule has 0 aliphatic rings. The van der Waals surface area contributed by atoms with E-state index in [1.165, 1.54) is 31.2 Å². The molecular formula is C15H15F3O4. The molecule has 0 unspecified atom stereocenters. The van der Waals surface area contributed by atoms with Crippen LogP contribution in [0.2, 0.25) is 0 Å². The number of rotatable bonds is 6. The molecule has 0 atom stereocenters. The second kappa shape index (κ2) is 7.63. The zero-order valence-corrected chi connectivity index (χ0v) is 12.1. The highest BCUT2D eigenvalue weighted by molar-refractivity contribution is 5.94. The predicted molar refractivity (Wildman–Crippen MR) is 73.0 cm³/mol. The van der Waals surface area contributed by atoms with Gasteiger partial charge in [0.05, 0.1) is 0 Å². The number of alkyl halides is 3. The normalized spacial score (nSPS) is 12.0. The SMILES string of the molecule is CC(=O)CC(=O)OC/C(C)=C/c1ccc(OC(F)(F)F)cc1. The van der Waals surface area contributed by atoms with Gasteiger partial charge in [-0.2, -0.15) is 0 Å². The van der Waals surface area contributed by atoms with Crippen LogP contribution in [-0.4, -0.2) is 24.7 Å². The highest BCUT2D eigenvalue weighted by Gasteiger charge is 2.30. The van der Waals surface area contributed by atoms with Crippen molar-refractivity contribution in [1.29, 1.82) is 0 Å². The summed E-state index contributed by atoms with van der Waals surface area (Å²) >= 11 is 0. The molecule has 120 valence electrons. The summed E-state index contributed by atoms with van der Waals surface area (Å²) in [6.07, 6.45) is -3.35. The van der Waals surface area contributed by atoms with Gasteiger partial charge in [-0.25, -0.2) is 0 Å². The quantitative estimate of drug-likeness (QED) is 0.595. The number of ether oxygens (including phenoxy) is 2. The van der Waals surface area contributed by atoms with Crippen LogP contribution in [0.15, 0.2) is 29.8 Å². The van der Waals surface area contributed by atoms with E-state index in [1.54, 1.807) is 13.0 Å². The lowest BCUT2D eigenvalue weighted by Crippen LogP contribution is -2.16. The maximum atomic E-state index is 12.0. The van der Waals surface area contributed by atoms with E-state index in [0.717, 1.165) is 0 Å². The van der Waals surface area contributed by atoms with E-state index in [1.807, 2.05) is 0 Å². The van der Waals surface area contributed by atoms with E-state index in [0.29, 0.717) is 11.1 Å². The number of ketones is 1. The molecule has 0 aliphatic carbocycles. The van der Waals surface area contributed by atoms with Gasteiger partial charge >= 0.3 is 12.3 Å². The van der Waals surface area contributed by atoms with Crippen molar-refractivity contribution in [3.8, 4) is 5.75 Å². The lowest BCUT2D eigenvalue weighted by atomic mass is 10.1. The van der Waals surface area contributed by atoms with Gasteiger partial charge < -0.3 is 9.47 Å². The molecule has 7 heteroatoms. The highest BCUT2D eigenvalue weighted by atomic mass is 19.4. The number of carbonyl (C=O) groups is 2. The second-order valence-electron chi connectivity index (χ2n) is 4.65. The first-order valence-corrected chi connectivity index (χ1v) is 6.34. The molecular weight excluding hydrogens is 301 g/mol. The van der Waals surface area contributed by atoms with Crippen LogP contribution in [0.5, 0.6) is 5.75 Å². The summed E-state index contributed by atoms with van der Waals surface area (Å²) in [6.45, 7) is 2.99. The Labute approximate surface area is 125 Å². The first kappa shape index (κ1) is 17.7. The minimum absolute atomic E-state index is 0.00686. The van der Waals surface area contributed by atoms with E-state index < -0.39 is 12.3 Å². The maximum Gasteiger partial charge on any atom is 0.573 e. The molecule has 0 saturated heterocycles. The summed E-state index contributed by atoms with van der Waals surface area (Å²) in [7, 11) is 0. The van der Waals surface area contributed by atoms with Gasteiger partial charge in [-0.15, -0.1) is 13.2 Å². The van der Waals surface area contributed by atoms with Gasteiger partial charge in [0.15, 0.2) is 0 Å². The summed E-state index contributed by atoms with van der Waals surface area (Å²) in [5, 5.41) is 0. The third-order valence-corrected chi connectivity index (χ3v) is 2.38. The Morgan fingerprint density at radius 1 is 1.14 bits per heavy atom. The Balaban J connectivity index is 2.57. The average molecular weight is 316 g/mol. The predicted octanol–water partition coefficient (Wildman–Crippen LogP) is 3.51. The number of esters is 1. The van der Waals surface area contributed by atoms with Gasteiger partial charge in [-0.05, 0) is 37.1 Å². The molecule has 1 rings (SSSR count).